The van der Waals surface area contributed by atoms with E-state index in [9.17, 15) is 4.79 Å². The van der Waals surface area contributed by atoms with Gasteiger partial charge in [-0.3, -0.25) is 4.79 Å². The molecule has 4 heteroatoms. The summed E-state index contributed by atoms with van der Waals surface area (Å²) in [7, 11) is 0. The topological polar surface area (TPSA) is 41.6 Å². The number of aryl methyl sites for hydroxylation is 1. The van der Waals surface area contributed by atoms with Crippen LogP contribution in [0.2, 0.25) is 0 Å². The number of amides is 1. The molecule has 0 spiro atoms. The first kappa shape index (κ1) is 19.3. The quantitative estimate of drug-likeness (QED) is 0.770. The maximum absolute atomic E-state index is 12.7. The normalized spacial score (nSPS) is 15.4. The third kappa shape index (κ3) is 4.82. The number of fused-ring (bicyclic) bond motifs is 1. The molecule has 1 heterocycles. The second-order valence-corrected chi connectivity index (χ2v) is 7.31. The minimum absolute atomic E-state index is 0.126. The van der Waals surface area contributed by atoms with Crippen molar-refractivity contribution >= 4 is 11.6 Å². The number of benzene rings is 2. The predicted molar refractivity (Wildman–Crippen MR) is 110 cm³/mol. The van der Waals surface area contributed by atoms with E-state index in [0.29, 0.717) is 13.0 Å². The van der Waals surface area contributed by atoms with E-state index in [1.807, 2.05) is 17.0 Å². The van der Waals surface area contributed by atoms with Gasteiger partial charge in [-0.1, -0.05) is 49.7 Å². The highest BCUT2D eigenvalue weighted by Crippen LogP contribution is 2.34. The van der Waals surface area contributed by atoms with Crippen molar-refractivity contribution in [1.82, 2.24) is 4.90 Å². The zero-order chi connectivity index (χ0) is 19.2. The van der Waals surface area contributed by atoms with Crippen LogP contribution in [0.4, 0.5) is 5.69 Å². The van der Waals surface area contributed by atoms with E-state index in [0.717, 1.165) is 42.9 Å². The van der Waals surface area contributed by atoms with Gasteiger partial charge in [0.25, 0.3) is 0 Å². The second-order valence-electron chi connectivity index (χ2n) is 7.31. The van der Waals surface area contributed by atoms with E-state index in [1.165, 1.54) is 11.1 Å². The molecule has 2 aromatic carbocycles. The average molecular weight is 367 g/mol. The molecule has 0 fully saturated rings. The van der Waals surface area contributed by atoms with Crippen LogP contribution in [-0.2, 0) is 11.2 Å². The molecule has 1 unspecified atom stereocenters. The lowest BCUT2D eigenvalue weighted by atomic mass is 10.0. The summed E-state index contributed by atoms with van der Waals surface area (Å²) in [6.07, 6.45) is 2.41. The van der Waals surface area contributed by atoms with Crippen LogP contribution < -0.4 is 10.1 Å². The third-order valence-corrected chi connectivity index (χ3v) is 4.95. The van der Waals surface area contributed by atoms with Crippen molar-refractivity contribution in [2.24, 2.45) is 0 Å². The van der Waals surface area contributed by atoms with Crippen molar-refractivity contribution in [3.8, 4) is 5.75 Å². The van der Waals surface area contributed by atoms with Gasteiger partial charge < -0.3 is 15.0 Å². The summed E-state index contributed by atoms with van der Waals surface area (Å²) >= 11 is 0. The van der Waals surface area contributed by atoms with Crippen molar-refractivity contribution < 1.29 is 9.53 Å². The number of nitrogens with zero attached hydrogens (tertiary/aromatic N) is 1. The molecular formula is C23H30N2O2. The summed E-state index contributed by atoms with van der Waals surface area (Å²) in [6, 6.07) is 14.7. The molecule has 1 N–H and O–H groups in total. The molecule has 0 aliphatic carbocycles. The Labute approximate surface area is 162 Å². The van der Waals surface area contributed by atoms with Gasteiger partial charge in [0.15, 0.2) is 0 Å². The van der Waals surface area contributed by atoms with E-state index in [4.69, 9.17) is 4.74 Å². The van der Waals surface area contributed by atoms with Gasteiger partial charge in [-0.2, -0.15) is 0 Å². The first-order valence-corrected chi connectivity index (χ1v) is 9.97. The highest BCUT2D eigenvalue weighted by Gasteiger charge is 2.21. The molecule has 0 aromatic heterocycles. The van der Waals surface area contributed by atoms with Crippen molar-refractivity contribution in [3.05, 3.63) is 59.2 Å². The number of carbonyl (C=O) groups is 1. The van der Waals surface area contributed by atoms with Gasteiger partial charge in [0.2, 0.25) is 5.91 Å². The van der Waals surface area contributed by atoms with E-state index < -0.39 is 0 Å². The lowest BCUT2D eigenvalue weighted by molar-refractivity contribution is -0.130. The Balaban J connectivity index is 1.71. The number of nitrogens with one attached hydrogen (secondary N) is 1. The predicted octanol–water partition coefficient (Wildman–Crippen LogP) is 4.73. The molecule has 0 radical (unpaired) electrons. The van der Waals surface area contributed by atoms with Gasteiger partial charge in [0.1, 0.15) is 12.4 Å². The van der Waals surface area contributed by atoms with E-state index >= 15 is 0 Å². The SMILES string of the molecule is CCCN(CCC)C(=O)Cc1ccc2c(c1)NC(c1ccc(C)cc1)CO2. The Morgan fingerprint density at radius 1 is 1.11 bits per heavy atom. The van der Waals surface area contributed by atoms with Crippen LogP contribution >= 0.6 is 0 Å². The van der Waals surface area contributed by atoms with Crippen LogP contribution in [0.5, 0.6) is 5.75 Å². The van der Waals surface area contributed by atoms with Gasteiger partial charge in [0.05, 0.1) is 18.2 Å². The van der Waals surface area contributed by atoms with Gasteiger partial charge in [-0.15, -0.1) is 0 Å². The summed E-state index contributed by atoms with van der Waals surface area (Å²) in [5, 5.41) is 3.58. The fourth-order valence-corrected chi connectivity index (χ4v) is 3.49. The molecule has 3 rings (SSSR count). The molecular weight excluding hydrogens is 336 g/mol. The van der Waals surface area contributed by atoms with Crippen molar-refractivity contribution in [1.29, 1.82) is 0 Å². The van der Waals surface area contributed by atoms with Gasteiger partial charge in [-0.05, 0) is 43.0 Å². The summed E-state index contributed by atoms with van der Waals surface area (Å²) in [4.78, 5) is 14.6. The van der Waals surface area contributed by atoms with E-state index in [1.54, 1.807) is 0 Å². The van der Waals surface area contributed by atoms with Gasteiger partial charge >= 0.3 is 0 Å². The van der Waals surface area contributed by atoms with Crippen LogP contribution in [0.1, 0.15) is 49.4 Å². The molecule has 1 atom stereocenters. The monoisotopic (exact) mass is 366 g/mol. The number of ether oxygens (including phenoxy) is 1. The Morgan fingerprint density at radius 2 is 1.81 bits per heavy atom. The molecule has 27 heavy (non-hydrogen) atoms. The van der Waals surface area contributed by atoms with Crippen molar-refractivity contribution in [3.63, 3.8) is 0 Å². The Morgan fingerprint density at radius 3 is 2.48 bits per heavy atom. The molecule has 4 nitrogen and oxygen atoms in total. The molecule has 0 saturated heterocycles. The molecule has 1 amide bonds. The van der Waals surface area contributed by atoms with Crippen molar-refractivity contribution in [2.45, 2.75) is 46.1 Å². The first-order chi connectivity index (χ1) is 13.1. The maximum Gasteiger partial charge on any atom is 0.226 e. The summed E-state index contributed by atoms with van der Waals surface area (Å²) in [5.74, 6) is 1.05. The molecule has 1 aliphatic rings. The zero-order valence-electron chi connectivity index (χ0n) is 16.6. The molecule has 144 valence electrons. The second kappa shape index (κ2) is 8.94. The van der Waals surface area contributed by atoms with E-state index in [2.05, 4.69) is 56.4 Å². The highest BCUT2D eigenvalue weighted by molar-refractivity contribution is 5.79. The Bertz CT molecular complexity index is 764. The minimum atomic E-state index is 0.126. The third-order valence-electron chi connectivity index (χ3n) is 4.95. The maximum atomic E-state index is 12.7. The first-order valence-electron chi connectivity index (χ1n) is 9.97. The number of hydrogen-bond acceptors (Lipinski definition) is 3. The van der Waals surface area contributed by atoms with Crippen LogP contribution in [-0.4, -0.2) is 30.5 Å². The molecule has 0 bridgehead atoms. The van der Waals surface area contributed by atoms with Crippen LogP contribution in [0, 0.1) is 6.92 Å². The number of carbonyl (C=O) groups excluding carboxylic acids is 1. The number of anilines is 1. The Kier molecular flexibility index (Phi) is 6.38. The fraction of sp³-hybridized carbons (Fsp3) is 0.435. The lowest BCUT2D eigenvalue weighted by Gasteiger charge is -2.28. The fourth-order valence-electron chi connectivity index (χ4n) is 3.49. The van der Waals surface area contributed by atoms with Crippen LogP contribution in [0.15, 0.2) is 42.5 Å². The average Bonchev–Trinajstić information content (AvgIpc) is 2.68. The van der Waals surface area contributed by atoms with Gasteiger partial charge in [0, 0.05) is 13.1 Å². The van der Waals surface area contributed by atoms with Crippen LogP contribution in [0.25, 0.3) is 0 Å². The molecule has 2 aromatic rings. The molecule has 0 saturated carbocycles. The minimum Gasteiger partial charge on any atom is -0.489 e. The number of hydrogen-bond donors (Lipinski definition) is 1. The summed E-state index contributed by atoms with van der Waals surface area (Å²) < 4.78 is 5.95. The van der Waals surface area contributed by atoms with Crippen LogP contribution in [0.3, 0.4) is 0 Å². The molecule has 1 aliphatic heterocycles. The Hall–Kier alpha value is -2.49. The summed E-state index contributed by atoms with van der Waals surface area (Å²) in [5.41, 5.74) is 4.46. The van der Waals surface area contributed by atoms with Crippen molar-refractivity contribution in [2.75, 3.05) is 25.0 Å². The highest BCUT2D eigenvalue weighted by atomic mass is 16.5. The van der Waals surface area contributed by atoms with E-state index in [-0.39, 0.29) is 11.9 Å². The lowest BCUT2D eigenvalue weighted by Crippen LogP contribution is -2.33. The largest absolute Gasteiger partial charge is 0.489 e. The number of rotatable bonds is 7. The van der Waals surface area contributed by atoms with Gasteiger partial charge in [-0.25, -0.2) is 0 Å². The smallest absolute Gasteiger partial charge is 0.226 e. The zero-order valence-corrected chi connectivity index (χ0v) is 16.6. The standard InChI is InChI=1S/C23H30N2O2/c1-4-12-25(13-5-2)23(26)15-18-8-11-22-20(14-18)24-21(16-27-22)19-9-6-17(3)7-10-19/h6-11,14,21,24H,4-5,12-13,15-16H2,1-3H3. The summed E-state index contributed by atoms with van der Waals surface area (Å²) in [6.45, 7) is 8.58.